The molecule has 2 aliphatic rings. The molecule has 0 radical (unpaired) electrons. The Bertz CT molecular complexity index is 742. The smallest absolute Gasteiger partial charge is 0.409 e. The van der Waals surface area contributed by atoms with Gasteiger partial charge < -0.3 is 24.8 Å². The van der Waals surface area contributed by atoms with Crippen molar-refractivity contribution in [2.75, 3.05) is 45.9 Å². The molecule has 2 aliphatic heterocycles. The first-order valence-corrected chi connectivity index (χ1v) is 10.9. The third-order valence-electron chi connectivity index (χ3n) is 5.42. The van der Waals surface area contributed by atoms with Gasteiger partial charge in [0.25, 0.3) is 0 Å². The van der Waals surface area contributed by atoms with Crippen LogP contribution in [0.2, 0.25) is 0 Å². The molecule has 2 fully saturated rings. The monoisotopic (exact) mass is 415 g/mol. The number of ether oxygens (including phenoxy) is 1. The average molecular weight is 416 g/mol. The van der Waals surface area contributed by atoms with Gasteiger partial charge in [0, 0.05) is 52.2 Å². The van der Waals surface area contributed by atoms with Gasteiger partial charge in [-0.25, -0.2) is 9.79 Å². The van der Waals surface area contributed by atoms with E-state index in [-0.39, 0.29) is 12.0 Å². The van der Waals surface area contributed by atoms with Crippen molar-refractivity contribution in [3.8, 4) is 0 Å². The molecule has 0 aliphatic carbocycles. The van der Waals surface area contributed by atoms with E-state index in [9.17, 15) is 9.59 Å². The summed E-state index contributed by atoms with van der Waals surface area (Å²) < 4.78 is 5.09. The number of carbonyl (C=O) groups excluding carboxylic acids is 2. The van der Waals surface area contributed by atoms with Gasteiger partial charge in [-0.15, -0.1) is 0 Å². The molecule has 0 saturated carbocycles. The summed E-state index contributed by atoms with van der Waals surface area (Å²) >= 11 is 0. The van der Waals surface area contributed by atoms with Crippen LogP contribution in [0, 0.1) is 0 Å². The average Bonchev–Trinajstić information content (AvgIpc) is 3.17. The number of nitrogens with one attached hydrogen (secondary N) is 1. The van der Waals surface area contributed by atoms with Gasteiger partial charge in [-0.1, -0.05) is 24.3 Å². The van der Waals surface area contributed by atoms with Crippen LogP contribution in [0.5, 0.6) is 0 Å². The highest BCUT2D eigenvalue weighted by molar-refractivity contribution is 5.80. The number of piperazine rings is 1. The fourth-order valence-electron chi connectivity index (χ4n) is 3.75. The standard InChI is InChI=1S/C22H33N5O3/c1-3-23-21(25-12-14-26(15-13-25)22(29)30-4-2)24-16-18-7-9-19(10-8-18)17-27-11-5-6-20(27)28/h7-10H,3-6,11-17H2,1-2H3,(H,23,24). The number of hydrogen-bond donors (Lipinski definition) is 1. The van der Waals surface area contributed by atoms with E-state index in [2.05, 4.69) is 41.4 Å². The molecule has 0 atom stereocenters. The van der Waals surface area contributed by atoms with Gasteiger partial charge in [-0.05, 0) is 31.4 Å². The zero-order chi connectivity index (χ0) is 21.3. The highest BCUT2D eigenvalue weighted by Gasteiger charge is 2.23. The fraction of sp³-hybridized carbons (Fsp3) is 0.591. The van der Waals surface area contributed by atoms with Crippen LogP contribution in [-0.2, 0) is 22.6 Å². The van der Waals surface area contributed by atoms with E-state index in [1.165, 1.54) is 0 Å². The number of rotatable bonds is 6. The molecular formula is C22H33N5O3. The Morgan fingerprint density at radius 1 is 1.03 bits per heavy atom. The van der Waals surface area contributed by atoms with Crippen LogP contribution in [0.4, 0.5) is 4.79 Å². The number of benzene rings is 1. The number of aliphatic imine (C=N–C) groups is 1. The minimum Gasteiger partial charge on any atom is -0.450 e. The molecule has 1 N–H and O–H groups in total. The second-order valence-corrected chi connectivity index (χ2v) is 7.58. The van der Waals surface area contributed by atoms with Crippen LogP contribution >= 0.6 is 0 Å². The first-order valence-electron chi connectivity index (χ1n) is 10.9. The Hall–Kier alpha value is -2.77. The zero-order valence-electron chi connectivity index (χ0n) is 18.1. The maximum atomic E-state index is 11.9. The molecule has 8 nitrogen and oxygen atoms in total. The van der Waals surface area contributed by atoms with Gasteiger partial charge in [0.2, 0.25) is 5.91 Å². The van der Waals surface area contributed by atoms with Gasteiger partial charge in [-0.2, -0.15) is 0 Å². The molecule has 8 heteroatoms. The molecule has 0 unspecified atom stereocenters. The molecule has 1 aromatic carbocycles. The number of nitrogens with zero attached hydrogens (tertiary/aromatic N) is 4. The normalized spacial score (nSPS) is 17.5. The minimum absolute atomic E-state index is 0.241. The fourth-order valence-corrected chi connectivity index (χ4v) is 3.75. The molecule has 3 rings (SSSR count). The topological polar surface area (TPSA) is 77.5 Å². The van der Waals surface area contributed by atoms with Crippen LogP contribution in [0.1, 0.15) is 37.8 Å². The highest BCUT2D eigenvalue weighted by atomic mass is 16.6. The summed E-state index contributed by atoms with van der Waals surface area (Å²) in [7, 11) is 0. The van der Waals surface area contributed by atoms with Gasteiger partial charge in [0.1, 0.15) is 0 Å². The predicted molar refractivity (Wildman–Crippen MR) is 116 cm³/mol. The SMILES string of the molecule is CCNC(=NCc1ccc(CN2CCCC2=O)cc1)N1CCN(C(=O)OCC)CC1. The van der Waals surface area contributed by atoms with Crippen molar-refractivity contribution in [2.24, 2.45) is 4.99 Å². The molecule has 164 valence electrons. The molecule has 0 spiro atoms. The first kappa shape index (κ1) is 21.9. The van der Waals surface area contributed by atoms with Gasteiger partial charge in [-0.3, -0.25) is 4.79 Å². The van der Waals surface area contributed by atoms with E-state index in [0.29, 0.717) is 39.2 Å². The summed E-state index contributed by atoms with van der Waals surface area (Å²) in [5.41, 5.74) is 2.28. The van der Waals surface area contributed by atoms with Crippen LogP contribution in [0.25, 0.3) is 0 Å². The molecule has 0 bridgehead atoms. The lowest BCUT2D eigenvalue weighted by atomic mass is 10.1. The quantitative estimate of drug-likeness (QED) is 0.568. The predicted octanol–water partition coefficient (Wildman–Crippen LogP) is 2.05. The van der Waals surface area contributed by atoms with E-state index in [0.717, 1.165) is 49.7 Å². The summed E-state index contributed by atoms with van der Waals surface area (Å²) in [6, 6.07) is 8.34. The summed E-state index contributed by atoms with van der Waals surface area (Å²) in [6.07, 6.45) is 1.40. The van der Waals surface area contributed by atoms with Crippen molar-refractivity contribution in [3.63, 3.8) is 0 Å². The van der Waals surface area contributed by atoms with Crippen molar-refractivity contribution in [2.45, 2.75) is 39.8 Å². The van der Waals surface area contributed by atoms with Gasteiger partial charge in [0.15, 0.2) is 5.96 Å². The Balaban J connectivity index is 1.54. The second kappa shape index (κ2) is 10.8. The lowest BCUT2D eigenvalue weighted by molar-refractivity contribution is -0.128. The first-order chi connectivity index (χ1) is 14.6. The number of amides is 2. The van der Waals surface area contributed by atoms with Crippen molar-refractivity contribution in [1.29, 1.82) is 0 Å². The van der Waals surface area contributed by atoms with Gasteiger partial charge in [0.05, 0.1) is 13.2 Å². The molecular weight excluding hydrogens is 382 g/mol. The Labute approximate surface area is 178 Å². The Kier molecular flexibility index (Phi) is 7.93. The van der Waals surface area contributed by atoms with Crippen LogP contribution in [0.3, 0.4) is 0 Å². The lowest BCUT2D eigenvalue weighted by Gasteiger charge is -2.35. The largest absolute Gasteiger partial charge is 0.450 e. The lowest BCUT2D eigenvalue weighted by Crippen LogP contribution is -2.53. The number of guanidine groups is 1. The molecule has 30 heavy (non-hydrogen) atoms. The molecule has 0 aromatic heterocycles. The van der Waals surface area contributed by atoms with Crippen LogP contribution < -0.4 is 5.32 Å². The summed E-state index contributed by atoms with van der Waals surface area (Å²) in [6.45, 7) is 9.93. The van der Waals surface area contributed by atoms with E-state index < -0.39 is 0 Å². The number of hydrogen-bond acceptors (Lipinski definition) is 4. The van der Waals surface area contributed by atoms with E-state index >= 15 is 0 Å². The molecule has 2 saturated heterocycles. The molecule has 2 amide bonds. The Morgan fingerprint density at radius 3 is 2.30 bits per heavy atom. The minimum atomic E-state index is -0.241. The second-order valence-electron chi connectivity index (χ2n) is 7.58. The summed E-state index contributed by atoms with van der Waals surface area (Å²) in [5.74, 6) is 1.12. The third kappa shape index (κ3) is 5.87. The van der Waals surface area contributed by atoms with E-state index in [1.54, 1.807) is 4.90 Å². The number of carbonyl (C=O) groups is 2. The van der Waals surface area contributed by atoms with E-state index in [4.69, 9.17) is 9.73 Å². The highest BCUT2D eigenvalue weighted by Crippen LogP contribution is 2.15. The van der Waals surface area contributed by atoms with Crippen LogP contribution in [-0.4, -0.2) is 78.5 Å². The van der Waals surface area contributed by atoms with Crippen molar-refractivity contribution in [3.05, 3.63) is 35.4 Å². The number of likely N-dealkylation sites (tertiary alicyclic amines) is 1. The maximum absolute atomic E-state index is 11.9. The zero-order valence-corrected chi connectivity index (χ0v) is 18.1. The Morgan fingerprint density at radius 2 is 1.70 bits per heavy atom. The van der Waals surface area contributed by atoms with Gasteiger partial charge >= 0.3 is 6.09 Å². The third-order valence-corrected chi connectivity index (χ3v) is 5.42. The van der Waals surface area contributed by atoms with E-state index in [1.807, 2.05) is 11.8 Å². The van der Waals surface area contributed by atoms with Crippen LogP contribution in [0.15, 0.2) is 29.3 Å². The maximum Gasteiger partial charge on any atom is 0.409 e. The van der Waals surface area contributed by atoms with Crippen molar-refractivity contribution < 1.29 is 14.3 Å². The summed E-state index contributed by atoms with van der Waals surface area (Å²) in [4.78, 5) is 34.3. The van der Waals surface area contributed by atoms with Crippen molar-refractivity contribution >= 4 is 18.0 Å². The summed E-state index contributed by atoms with van der Waals surface area (Å²) in [5, 5.41) is 3.35. The molecule has 2 heterocycles. The van der Waals surface area contributed by atoms with Crippen molar-refractivity contribution in [1.82, 2.24) is 20.0 Å². The molecule has 1 aromatic rings.